The average Bonchev–Trinajstić information content (AvgIpc) is 3.09. The maximum absolute atomic E-state index is 5.78. The van der Waals surface area contributed by atoms with Crippen molar-refractivity contribution in [3.63, 3.8) is 0 Å². The Bertz CT molecular complexity index is 672. The zero-order valence-electron chi connectivity index (χ0n) is 11.6. The molecule has 1 aromatic carbocycles. The molecule has 3 nitrogen and oxygen atoms in total. The molecule has 4 rings (SSSR count). The van der Waals surface area contributed by atoms with Crippen molar-refractivity contribution in [3.8, 4) is 0 Å². The lowest BCUT2D eigenvalue weighted by Gasteiger charge is -2.23. The van der Waals surface area contributed by atoms with Crippen LogP contribution in [-0.4, -0.2) is 17.7 Å². The van der Waals surface area contributed by atoms with E-state index in [9.17, 15) is 0 Å². The van der Waals surface area contributed by atoms with Gasteiger partial charge in [0.1, 0.15) is 11.6 Å². The van der Waals surface area contributed by atoms with Gasteiger partial charge < -0.3 is 10.5 Å². The number of benzene rings is 1. The fourth-order valence-electron chi connectivity index (χ4n) is 3.63. The van der Waals surface area contributed by atoms with E-state index in [0.29, 0.717) is 6.02 Å². The second-order valence-electron chi connectivity index (χ2n) is 5.91. The molecule has 1 aromatic rings. The average molecular weight is 266 g/mol. The normalized spacial score (nSPS) is 30.4. The van der Waals surface area contributed by atoms with Crippen molar-refractivity contribution >= 4 is 11.6 Å². The highest BCUT2D eigenvalue weighted by atomic mass is 16.5. The van der Waals surface area contributed by atoms with Gasteiger partial charge in [-0.1, -0.05) is 36.4 Å². The van der Waals surface area contributed by atoms with Crippen molar-refractivity contribution in [2.24, 2.45) is 10.7 Å². The minimum Gasteiger partial charge on any atom is -0.460 e. The summed E-state index contributed by atoms with van der Waals surface area (Å²) in [7, 11) is 0. The summed E-state index contributed by atoms with van der Waals surface area (Å²) in [6, 6.07) is 6.91. The molecule has 3 aliphatic rings. The summed E-state index contributed by atoms with van der Waals surface area (Å²) < 4.78 is 5.59. The molecule has 0 bridgehead atoms. The van der Waals surface area contributed by atoms with Gasteiger partial charge in [0.25, 0.3) is 6.02 Å². The van der Waals surface area contributed by atoms with Crippen LogP contribution >= 0.6 is 0 Å². The van der Waals surface area contributed by atoms with Gasteiger partial charge >= 0.3 is 0 Å². The first-order chi connectivity index (χ1) is 9.68. The van der Waals surface area contributed by atoms with E-state index < -0.39 is 0 Å². The molecule has 2 atom stereocenters. The summed E-state index contributed by atoms with van der Waals surface area (Å²) in [5.74, 6) is 0. The minimum absolute atomic E-state index is 0.0517. The topological polar surface area (TPSA) is 47.6 Å². The van der Waals surface area contributed by atoms with Crippen LogP contribution in [0.4, 0.5) is 0 Å². The third-order valence-corrected chi connectivity index (χ3v) is 4.72. The molecule has 1 spiro atoms. The summed E-state index contributed by atoms with van der Waals surface area (Å²) in [6.07, 6.45) is 9.64. The Hall–Kier alpha value is -2.03. The van der Waals surface area contributed by atoms with Gasteiger partial charge in [-0.05, 0) is 35.6 Å². The maximum Gasteiger partial charge on any atom is 0.282 e. The Labute approximate surface area is 118 Å². The van der Waals surface area contributed by atoms with Crippen LogP contribution in [0.25, 0.3) is 5.57 Å². The highest BCUT2D eigenvalue weighted by Crippen LogP contribution is 2.42. The van der Waals surface area contributed by atoms with Crippen molar-refractivity contribution in [1.29, 1.82) is 0 Å². The van der Waals surface area contributed by atoms with Crippen molar-refractivity contribution in [2.75, 3.05) is 0 Å². The van der Waals surface area contributed by atoms with Crippen LogP contribution in [0.2, 0.25) is 0 Å². The van der Waals surface area contributed by atoms with Gasteiger partial charge in [-0.25, -0.2) is 4.99 Å². The maximum atomic E-state index is 5.78. The summed E-state index contributed by atoms with van der Waals surface area (Å²) in [4.78, 5) is 4.62. The largest absolute Gasteiger partial charge is 0.460 e. The molecular formula is C17H18N2O. The molecule has 2 N–H and O–H groups in total. The van der Waals surface area contributed by atoms with Crippen molar-refractivity contribution < 1.29 is 4.74 Å². The minimum atomic E-state index is -0.189. The fourth-order valence-corrected chi connectivity index (χ4v) is 3.63. The number of amidine groups is 1. The highest BCUT2D eigenvalue weighted by molar-refractivity contribution is 5.80. The Kier molecular flexibility index (Phi) is 2.34. The van der Waals surface area contributed by atoms with Crippen LogP contribution in [0.5, 0.6) is 0 Å². The SMILES string of the molecule is CC1OC(N)=NC12Cc1cccc(C3=CCC=C3)c1C2. The molecule has 0 aromatic heterocycles. The van der Waals surface area contributed by atoms with Crippen LogP contribution in [0, 0.1) is 0 Å². The second-order valence-corrected chi connectivity index (χ2v) is 5.91. The first kappa shape index (κ1) is 11.8. The number of rotatable bonds is 1. The molecule has 0 radical (unpaired) electrons. The first-order valence-corrected chi connectivity index (χ1v) is 7.18. The predicted octanol–water partition coefficient (Wildman–Crippen LogP) is 2.60. The van der Waals surface area contributed by atoms with Crippen molar-refractivity contribution in [2.45, 2.75) is 37.8 Å². The molecule has 1 aliphatic heterocycles. The fraction of sp³-hybridized carbons (Fsp3) is 0.353. The second kappa shape index (κ2) is 3.98. The van der Waals surface area contributed by atoms with Crippen LogP contribution in [-0.2, 0) is 17.6 Å². The number of hydrogen-bond donors (Lipinski definition) is 1. The predicted molar refractivity (Wildman–Crippen MR) is 80.5 cm³/mol. The van der Waals surface area contributed by atoms with Crippen LogP contribution in [0.15, 0.2) is 41.4 Å². The standard InChI is InChI=1S/C17H18N2O/c1-11-17(19-16(18)20-11)9-13-7-4-8-14(15(13)10-17)12-5-2-3-6-12/h2,4-8,11H,3,9-10H2,1H3,(H2,18,19). The highest BCUT2D eigenvalue weighted by Gasteiger charge is 2.48. The monoisotopic (exact) mass is 266 g/mol. The van der Waals surface area contributed by atoms with Crippen LogP contribution in [0.3, 0.4) is 0 Å². The lowest BCUT2D eigenvalue weighted by atomic mass is 9.90. The number of nitrogens with two attached hydrogens (primary N) is 1. The van der Waals surface area contributed by atoms with E-state index >= 15 is 0 Å². The quantitative estimate of drug-likeness (QED) is 0.849. The Balaban J connectivity index is 1.79. The molecule has 2 aliphatic carbocycles. The Morgan fingerprint density at radius 3 is 2.95 bits per heavy atom. The zero-order valence-corrected chi connectivity index (χ0v) is 11.6. The van der Waals surface area contributed by atoms with E-state index in [-0.39, 0.29) is 11.6 Å². The molecule has 0 saturated heterocycles. The summed E-state index contributed by atoms with van der Waals surface area (Å²) in [6.45, 7) is 2.07. The van der Waals surface area contributed by atoms with Gasteiger partial charge in [0.15, 0.2) is 0 Å². The van der Waals surface area contributed by atoms with Gasteiger partial charge in [0.2, 0.25) is 0 Å². The molecule has 0 fully saturated rings. The van der Waals surface area contributed by atoms with Gasteiger partial charge in [-0.3, -0.25) is 0 Å². The number of aliphatic imine (C=N–C) groups is 1. The van der Waals surface area contributed by atoms with Crippen LogP contribution in [0.1, 0.15) is 30.0 Å². The first-order valence-electron chi connectivity index (χ1n) is 7.18. The van der Waals surface area contributed by atoms with Crippen LogP contribution < -0.4 is 5.73 Å². The van der Waals surface area contributed by atoms with E-state index in [0.717, 1.165) is 19.3 Å². The smallest absolute Gasteiger partial charge is 0.282 e. The molecule has 3 heteroatoms. The number of nitrogens with zero attached hydrogens (tertiary/aromatic N) is 1. The lowest BCUT2D eigenvalue weighted by molar-refractivity contribution is 0.157. The summed E-state index contributed by atoms with van der Waals surface area (Å²) in [5.41, 5.74) is 11.1. The molecule has 102 valence electrons. The molecule has 0 amide bonds. The molecule has 20 heavy (non-hydrogen) atoms. The van der Waals surface area contributed by atoms with E-state index in [2.05, 4.69) is 48.3 Å². The van der Waals surface area contributed by atoms with E-state index in [1.807, 2.05) is 0 Å². The Morgan fingerprint density at radius 1 is 1.35 bits per heavy atom. The third kappa shape index (κ3) is 1.56. The van der Waals surface area contributed by atoms with Gasteiger partial charge in [0.05, 0.1) is 0 Å². The number of hydrogen-bond acceptors (Lipinski definition) is 3. The van der Waals surface area contributed by atoms with E-state index in [1.54, 1.807) is 0 Å². The molecule has 0 saturated carbocycles. The van der Waals surface area contributed by atoms with Crippen molar-refractivity contribution in [3.05, 3.63) is 53.1 Å². The Morgan fingerprint density at radius 2 is 2.25 bits per heavy atom. The van der Waals surface area contributed by atoms with Crippen molar-refractivity contribution in [1.82, 2.24) is 0 Å². The molecule has 2 unspecified atom stereocenters. The summed E-state index contributed by atoms with van der Waals surface area (Å²) >= 11 is 0. The van der Waals surface area contributed by atoms with E-state index in [1.165, 1.54) is 22.3 Å². The van der Waals surface area contributed by atoms with Gasteiger partial charge in [-0.15, -0.1) is 0 Å². The lowest BCUT2D eigenvalue weighted by Crippen LogP contribution is -2.36. The number of allylic oxidation sites excluding steroid dienone is 4. The molecule has 1 heterocycles. The summed E-state index contributed by atoms with van der Waals surface area (Å²) in [5, 5.41) is 0. The number of fused-ring (bicyclic) bond motifs is 1. The van der Waals surface area contributed by atoms with E-state index in [4.69, 9.17) is 10.5 Å². The van der Waals surface area contributed by atoms with Gasteiger partial charge in [-0.2, -0.15) is 0 Å². The number of ether oxygens (including phenoxy) is 1. The molecular weight excluding hydrogens is 248 g/mol. The zero-order chi connectivity index (χ0) is 13.7. The third-order valence-electron chi connectivity index (χ3n) is 4.72. The van der Waals surface area contributed by atoms with Gasteiger partial charge in [0, 0.05) is 12.8 Å².